The molecule has 0 aromatic carbocycles. The summed E-state index contributed by atoms with van der Waals surface area (Å²) >= 11 is 0. The van der Waals surface area contributed by atoms with Crippen molar-refractivity contribution in [1.29, 1.82) is 0 Å². The number of Topliss-reactive ketones (excluding diaryl/α,β-unsaturated/α-hetero) is 1. The summed E-state index contributed by atoms with van der Waals surface area (Å²) in [4.78, 5) is 18.4. The lowest BCUT2D eigenvalue weighted by atomic mass is 9.97. The van der Waals surface area contributed by atoms with Crippen LogP contribution in [0.5, 0.6) is 0 Å². The van der Waals surface area contributed by atoms with E-state index in [0.717, 1.165) is 44.0 Å². The van der Waals surface area contributed by atoms with E-state index in [4.69, 9.17) is 10.5 Å². The van der Waals surface area contributed by atoms with E-state index >= 15 is 0 Å². The van der Waals surface area contributed by atoms with Gasteiger partial charge in [0, 0.05) is 38.4 Å². The fourth-order valence-corrected chi connectivity index (χ4v) is 3.35. The number of pyridine rings is 1. The van der Waals surface area contributed by atoms with Gasteiger partial charge < -0.3 is 20.2 Å². The highest BCUT2D eigenvalue weighted by molar-refractivity contribution is 5.76. The third-order valence-electron chi connectivity index (χ3n) is 4.54. The highest BCUT2D eigenvalue weighted by Crippen LogP contribution is 2.30. The van der Waals surface area contributed by atoms with E-state index in [0.29, 0.717) is 24.1 Å². The molecule has 1 atom stereocenters. The maximum atomic E-state index is 11.3. The molecule has 2 N–H and O–H groups in total. The zero-order valence-corrected chi connectivity index (χ0v) is 15.4. The van der Waals surface area contributed by atoms with Gasteiger partial charge in [0.1, 0.15) is 5.78 Å². The van der Waals surface area contributed by atoms with Gasteiger partial charge in [-0.3, -0.25) is 0 Å². The Morgan fingerprint density at radius 3 is 2.58 bits per heavy atom. The Morgan fingerprint density at radius 2 is 2.04 bits per heavy atom. The van der Waals surface area contributed by atoms with Crippen molar-refractivity contribution in [2.24, 2.45) is 5.92 Å². The highest BCUT2D eigenvalue weighted by atomic mass is 16.5. The minimum absolute atomic E-state index is 0.146. The van der Waals surface area contributed by atoms with Gasteiger partial charge in [0.15, 0.2) is 5.82 Å². The lowest BCUT2D eigenvalue weighted by Crippen LogP contribution is -2.42. The first-order valence-electron chi connectivity index (χ1n) is 8.97. The van der Waals surface area contributed by atoms with E-state index in [1.165, 1.54) is 0 Å². The zero-order valence-electron chi connectivity index (χ0n) is 15.4. The number of carbonyl (C=O) groups is 1. The van der Waals surface area contributed by atoms with Crippen molar-refractivity contribution < 1.29 is 9.53 Å². The average molecular weight is 333 g/mol. The van der Waals surface area contributed by atoms with Crippen molar-refractivity contribution in [1.82, 2.24) is 4.98 Å². The topological polar surface area (TPSA) is 68.5 Å². The molecule has 5 nitrogen and oxygen atoms in total. The maximum absolute atomic E-state index is 11.3. The second-order valence-electron chi connectivity index (χ2n) is 7.38. The summed E-state index contributed by atoms with van der Waals surface area (Å²) in [5, 5.41) is 0. The second kappa shape index (κ2) is 8.47. The van der Waals surface area contributed by atoms with E-state index in [-0.39, 0.29) is 11.7 Å². The quantitative estimate of drug-likeness (QED) is 0.828. The molecule has 1 aromatic rings. The molecule has 0 aliphatic carbocycles. The Hall–Kier alpha value is -1.62. The molecule has 134 valence electrons. The number of anilines is 2. The summed E-state index contributed by atoms with van der Waals surface area (Å²) in [6.07, 6.45) is 4.43. The van der Waals surface area contributed by atoms with Crippen LogP contribution in [0.1, 0.15) is 58.4 Å². The van der Waals surface area contributed by atoms with Crippen molar-refractivity contribution in [2.75, 3.05) is 30.4 Å². The van der Waals surface area contributed by atoms with Crippen LogP contribution in [0.2, 0.25) is 0 Å². The SMILES string of the molecule is CC(=O)C[C@@H](C)c1cnc(N(CC(C)C)C2CCOCC2)c(N)c1. The molecule has 1 aromatic heterocycles. The molecule has 0 unspecified atom stereocenters. The van der Waals surface area contributed by atoms with Crippen LogP contribution in [-0.2, 0) is 9.53 Å². The van der Waals surface area contributed by atoms with Gasteiger partial charge in [0.25, 0.3) is 0 Å². The molecule has 0 spiro atoms. The minimum atomic E-state index is 0.146. The van der Waals surface area contributed by atoms with Crippen molar-refractivity contribution in [3.05, 3.63) is 17.8 Å². The highest BCUT2D eigenvalue weighted by Gasteiger charge is 2.25. The molecule has 1 aliphatic heterocycles. The van der Waals surface area contributed by atoms with Crippen LogP contribution in [-0.4, -0.2) is 36.6 Å². The van der Waals surface area contributed by atoms with E-state index in [1.807, 2.05) is 19.2 Å². The molecule has 1 saturated heterocycles. The molecule has 5 heteroatoms. The Morgan fingerprint density at radius 1 is 1.38 bits per heavy atom. The molecule has 2 heterocycles. The molecule has 0 radical (unpaired) electrons. The number of hydrogen-bond acceptors (Lipinski definition) is 5. The minimum Gasteiger partial charge on any atom is -0.396 e. The number of nitrogens with two attached hydrogens (primary N) is 1. The lowest BCUT2D eigenvalue weighted by Gasteiger charge is -2.37. The first-order chi connectivity index (χ1) is 11.4. The van der Waals surface area contributed by atoms with Crippen molar-refractivity contribution in [2.45, 2.75) is 58.9 Å². The first kappa shape index (κ1) is 18.7. The number of ketones is 1. The summed E-state index contributed by atoms with van der Waals surface area (Å²) in [6.45, 7) is 10.6. The predicted molar refractivity (Wildman–Crippen MR) is 98.4 cm³/mol. The summed E-state index contributed by atoms with van der Waals surface area (Å²) < 4.78 is 5.50. The van der Waals surface area contributed by atoms with E-state index in [2.05, 4.69) is 23.7 Å². The van der Waals surface area contributed by atoms with Crippen molar-refractivity contribution in [3.63, 3.8) is 0 Å². The largest absolute Gasteiger partial charge is 0.396 e. The predicted octanol–water partition coefficient (Wildman–Crippen LogP) is 3.39. The maximum Gasteiger partial charge on any atom is 0.152 e. The van der Waals surface area contributed by atoms with Gasteiger partial charge in [-0.2, -0.15) is 0 Å². The number of aromatic nitrogens is 1. The van der Waals surface area contributed by atoms with Crippen LogP contribution in [0, 0.1) is 5.92 Å². The Labute approximate surface area is 145 Å². The monoisotopic (exact) mass is 333 g/mol. The van der Waals surface area contributed by atoms with Crippen LogP contribution < -0.4 is 10.6 Å². The van der Waals surface area contributed by atoms with Gasteiger partial charge in [-0.1, -0.05) is 20.8 Å². The van der Waals surface area contributed by atoms with Crippen LogP contribution in [0.4, 0.5) is 11.5 Å². The molecule has 2 rings (SSSR count). The zero-order chi connectivity index (χ0) is 17.7. The van der Waals surface area contributed by atoms with Gasteiger partial charge in [-0.05, 0) is 43.2 Å². The Bertz CT molecular complexity index is 554. The molecular formula is C19H31N3O2. The van der Waals surface area contributed by atoms with Gasteiger partial charge in [0.2, 0.25) is 0 Å². The fraction of sp³-hybridized carbons (Fsp3) is 0.684. The van der Waals surface area contributed by atoms with Crippen LogP contribution in [0.3, 0.4) is 0 Å². The fourth-order valence-electron chi connectivity index (χ4n) is 3.35. The number of ether oxygens (including phenoxy) is 1. The molecule has 0 amide bonds. The molecule has 0 saturated carbocycles. The first-order valence-corrected chi connectivity index (χ1v) is 8.97. The van der Waals surface area contributed by atoms with Gasteiger partial charge in [0.05, 0.1) is 5.69 Å². The third kappa shape index (κ3) is 4.94. The van der Waals surface area contributed by atoms with Crippen molar-refractivity contribution in [3.8, 4) is 0 Å². The smallest absolute Gasteiger partial charge is 0.152 e. The van der Waals surface area contributed by atoms with E-state index in [9.17, 15) is 4.79 Å². The van der Waals surface area contributed by atoms with Crippen LogP contribution in [0.25, 0.3) is 0 Å². The standard InChI is InChI=1S/C19H31N3O2/c1-13(2)12-22(17-5-7-24-8-6-17)19-18(20)10-16(11-21-19)14(3)9-15(4)23/h10-11,13-14,17H,5-9,12,20H2,1-4H3/t14-/m1/s1. The van der Waals surface area contributed by atoms with Gasteiger partial charge in [-0.15, -0.1) is 0 Å². The number of nitrogens with zero attached hydrogens (tertiary/aromatic N) is 2. The molecule has 24 heavy (non-hydrogen) atoms. The molecule has 0 bridgehead atoms. The summed E-state index contributed by atoms with van der Waals surface area (Å²) in [7, 11) is 0. The van der Waals surface area contributed by atoms with E-state index < -0.39 is 0 Å². The van der Waals surface area contributed by atoms with E-state index in [1.54, 1.807) is 6.92 Å². The summed E-state index contributed by atoms with van der Waals surface area (Å²) in [5.74, 6) is 1.74. The van der Waals surface area contributed by atoms with Crippen LogP contribution in [0.15, 0.2) is 12.3 Å². The second-order valence-corrected chi connectivity index (χ2v) is 7.38. The van der Waals surface area contributed by atoms with Gasteiger partial charge in [-0.25, -0.2) is 4.98 Å². The molecular weight excluding hydrogens is 302 g/mol. The number of rotatable bonds is 7. The number of hydrogen-bond donors (Lipinski definition) is 1. The molecule has 1 fully saturated rings. The molecule has 1 aliphatic rings. The normalized spacial score (nSPS) is 17.0. The van der Waals surface area contributed by atoms with Crippen molar-refractivity contribution >= 4 is 17.3 Å². The van der Waals surface area contributed by atoms with Crippen LogP contribution >= 0.6 is 0 Å². The third-order valence-corrected chi connectivity index (χ3v) is 4.54. The average Bonchev–Trinajstić information content (AvgIpc) is 2.53. The summed E-state index contributed by atoms with van der Waals surface area (Å²) in [5.41, 5.74) is 8.09. The Balaban J connectivity index is 2.24. The van der Waals surface area contributed by atoms with Gasteiger partial charge >= 0.3 is 0 Å². The Kier molecular flexibility index (Phi) is 6.60. The number of nitrogen functional groups attached to an aromatic ring is 1. The summed E-state index contributed by atoms with van der Waals surface area (Å²) in [6, 6.07) is 2.42. The lowest BCUT2D eigenvalue weighted by molar-refractivity contribution is -0.117. The number of carbonyl (C=O) groups excluding carboxylic acids is 1.